The maximum absolute atomic E-state index is 11.9. The molecule has 1 amide bonds. The lowest BCUT2D eigenvalue weighted by atomic mass is 9.79. The summed E-state index contributed by atoms with van der Waals surface area (Å²) in [6, 6.07) is 0. The molecule has 0 aliphatic heterocycles. The van der Waals surface area contributed by atoms with Gasteiger partial charge in [0.05, 0.1) is 6.42 Å². The molecule has 0 spiro atoms. The average molecular weight is 270 g/mol. The second-order valence-corrected chi connectivity index (χ2v) is 5.96. The van der Waals surface area contributed by atoms with E-state index >= 15 is 0 Å². The van der Waals surface area contributed by atoms with Crippen molar-refractivity contribution in [1.29, 1.82) is 0 Å². The molecule has 5 heteroatoms. The normalized spacial score (nSPS) is 17.6. The van der Waals surface area contributed by atoms with Crippen LogP contribution in [0.4, 0.5) is 0 Å². The van der Waals surface area contributed by atoms with E-state index in [0.29, 0.717) is 13.0 Å². The molecule has 1 aliphatic carbocycles. The van der Waals surface area contributed by atoms with Gasteiger partial charge in [-0.25, -0.2) is 0 Å². The van der Waals surface area contributed by atoms with Crippen LogP contribution >= 0.6 is 0 Å². The first-order valence-electron chi connectivity index (χ1n) is 7.07. The first kappa shape index (κ1) is 16.0. The van der Waals surface area contributed by atoms with Crippen molar-refractivity contribution in [3.05, 3.63) is 0 Å². The Bertz CT molecular complexity index is 310. The van der Waals surface area contributed by atoms with Crippen molar-refractivity contribution < 1.29 is 14.7 Å². The van der Waals surface area contributed by atoms with Crippen LogP contribution < -0.4 is 5.32 Å². The molecule has 1 rings (SSSR count). The van der Waals surface area contributed by atoms with Gasteiger partial charge < -0.3 is 15.3 Å². The van der Waals surface area contributed by atoms with Crippen molar-refractivity contribution in [2.75, 3.05) is 27.2 Å². The highest BCUT2D eigenvalue weighted by Crippen LogP contribution is 2.43. The third-order valence-corrected chi connectivity index (χ3v) is 3.83. The van der Waals surface area contributed by atoms with Gasteiger partial charge >= 0.3 is 5.97 Å². The molecular weight excluding hydrogens is 244 g/mol. The fourth-order valence-corrected chi connectivity index (χ4v) is 2.89. The van der Waals surface area contributed by atoms with E-state index in [1.807, 2.05) is 14.1 Å². The fraction of sp³-hybridized carbons (Fsp3) is 0.857. The number of nitrogens with zero attached hydrogens (tertiary/aromatic N) is 1. The smallest absolute Gasteiger partial charge is 0.303 e. The van der Waals surface area contributed by atoms with E-state index in [4.69, 9.17) is 5.11 Å². The van der Waals surface area contributed by atoms with Gasteiger partial charge in [0.15, 0.2) is 0 Å². The summed E-state index contributed by atoms with van der Waals surface area (Å²) >= 11 is 0. The summed E-state index contributed by atoms with van der Waals surface area (Å²) < 4.78 is 0. The second-order valence-electron chi connectivity index (χ2n) is 5.96. The Morgan fingerprint density at radius 3 is 2.37 bits per heavy atom. The Morgan fingerprint density at radius 2 is 1.84 bits per heavy atom. The van der Waals surface area contributed by atoms with Crippen molar-refractivity contribution in [2.45, 2.75) is 44.9 Å². The van der Waals surface area contributed by atoms with Crippen LogP contribution in [0.2, 0.25) is 0 Å². The third-order valence-electron chi connectivity index (χ3n) is 3.83. The summed E-state index contributed by atoms with van der Waals surface area (Å²) in [6.45, 7) is 1.61. The van der Waals surface area contributed by atoms with E-state index < -0.39 is 5.97 Å². The van der Waals surface area contributed by atoms with Crippen LogP contribution in [0, 0.1) is 5.41 Å². The van der Waals surface area contributed by atoms with Gasteiger partial charge in [-0.1, -0.05) is 12.8 Å². The van der Waals surface area contributed by atoms with Gasteiger partial charge in [0, 0.05) is 13.0 Å². The zero-order valence-corrected chi connectivity index (χ0v) is 12.1. The number of carboxylic acids is 1. The highest BCUT2D eigenvalue weighted by Gasteiger charge is 2.37. The molecule has 1 aliphatic rings. The summed E-state index contributed by atoms with van der Waals surface area (Å²) in [7, 11) is 4.00. The van der Waals surface area contributed by atoms with Crippen molar-refractivity contribution in [3.63, 3.8) is 0 Å². The number of carbonyl (C=O) groups excluding carboxylic acids is 1. The van der Waals surface area contributed by atoms with Gasteiger partial charge in [-0.15, -0.1) is 0 Å². The number of nitrogens with one attached hydrogen (secondary N) is 1. The Labute approximate surface area is 115 Å². The van der Waals surface area contributed by atoms with Crippen molar-refractivity contribution in [1.82, 2.24) is 10.2 Å². The zero-order chi connectivity index (χ0) is 14.3. The molecule has 19 heavy (non-hydrogen) atoms. The minimum Gasteiger partial charge on any atom is -0.481 e. The molecule has 0 heterocycles. The lowest BCUT2D eigenvalue weighted by Gasteiger charge is -2.26. The lowest BCUT2D eigenvalue weighted by molar-refractivity contribution is -0.140. The van der Waals surface area contributed by atoms with E-state index in [1.54, 1.807) is 0 Å². The predicted molar refractivity (Wildman–Crippen MR) is 74.0 cm³/mol. The highest BCUT2D eigenvalue weighted by atomic mass is 16.4. The number of hydrogen-bond acceptors (Lipinski definition) is 3. The molecule has 110 valence electrons. The molecular formula is C14H26N2O3. The SMILES string of the molecule is CN(C)CCCNC(=O)CC1(CC(=O)O)CCCC1. The van der Waals surface area contributed by atoms with Gasteiger partial charge in [0.25, 0.3) is 0 Å². The number of aliphatic carboxylic acids is 1. The van der Waals surface area contributed by atoms with Crippen LogP contribution in [0.5, 0.6) is 0 Å². The topological polar surface area (TPSA) is 69.6 Å². The van der Waals surface area contributed by atoms with E-state index in [-0.39, 0.29) is 17.7 Å². The molecule has 0 atom stereocenters. The fourth-order valence-electron chi connectivity index (χ4n) is 2.89. The Balaban J connectivity index is 2.33. The van der Waals surface area contributed by atoms with Gasteiger partial charge in [-0.2, -0.15) is 0 Å². The minimum absolute atomic E-state index is 0.00176. The molecule has 0 radical (unpaired) electrons. The maximum atomic E-state index is 11.9. The monoisotopic (exact) mass is 270 g/mol. The molecule has 2 N–H and O–H groups in total. The molecule has 1 fully saturated rings. The number of rotatable bonds is 8. The van der Waals surface area contributed by atoms with Crippen LogP contribution in [0.3, 0.4) is 0 Å². The number of hydrogen-bond donors (Lipinski definition) is 2. The van der Waals surface area contributed by atoms with Gasteiger partial charge in [-0.05, 0) is 45.3 Å². The molecule has 5 nitrogen and oxygen atoms in total. The van der Waals surface area contributed by atoms with E-state index in [0.717, 1.165) is 38.6 Å². The summed E-state index contributed by atoms with van der Waals surface area (Å²) in [4.78, 5) is 24.9. The summed E-state index contributed by atoms with van der Waals surface area (Å²) in [5.74, 6) is -0.788. The van der Waals surface area contributed by atoms with E-state index in [2.05, 4.69) is 10.2 Å². The quantitative estimate of drug-likeness (QED) is 0.655. The Hall–Kier alpha value is -1.10. The highest BCUT2D eigenvalue weighted by molar-refractivity contribution is 5.78. The average Bonchev–Trinajstić information content (AvgIpc) is 2.71. The molecule has 0 unspecified atom stereocenters. The first-order valence-corrected chi connectivity index (χ1v) is 7.07. The lowest BCUT2D eigenvalue weighted by Crippen LogP contribution is -2.33. The van der Waals surface area contributed by atoms with Gasteiger partial charge in [-0.3, -0.25) is 9.59 Å². The Morgan fingerprint density at radius 1 is 1.21 bits per heavy atom. The molecule has 1 saturated carbocycles. The van der Waals surface area contributed by atoms with Gasteiger partial charge in [0.1, 0.15) is 0 Å². The maximum Gasteiger partial charge on any atom is 0.303 e. The summed E-state index contributed by atoms with van der Waals surface area (Å²) in [6.07, 6.45) is 5.22. The zero-order valence-electron chi connectivity index (χ0n) is 12.1. The first-order chi connectivity index (χ1) is 8.93. The van der Waals surface area contributed by atoms with Crippen LogP contribution in [0.25, 0.3) is 0 Å². The number of amides is 1. The Kier molecular flexibility index (Phi) is 6.28. The second kappa shape index (κ2) is 7.48. The van der Waals surface area contributed by atoms with Crippen LogP contribution in [-0.2, 0) is 9.59 Å². The largest absolute Gasteiger partial charge is 0.481 e. The van der Waals surface area contributed by atoms with Crippen LogP contribution in [0.15, 0.2) is 0 Å². The number of carbonyl (C=O) groups is 2. The molecule has 0 aromatic rings. The summed E-state index contributed by atoms with van der Waals surface area (Å²) in [5, 5.41) is 11.9. The van der Waals surface area contributed by atoms with Crippen LogP contribution in [0.1, 0.15) is 44.9 Å². The number of carboxylic acid groups (broad SMARTS) is 1. The van der Waals surface area contributed by atoms with Crippen molar-refractivity contribution in [3.8, 4) is 0 Å². The predicted octanol–water partition coefficient (Wildman–Crippen LogP) is 1.48. The van der Waals surface area contributed by atoms with Crippen molar-refractivity contribution in [2.24, 2.45) is 5.41 Å². The molecule has 0 bridgehead atoms. The van der Waals surface area contributed by atoms with Gasteiger partial charge in [0.2, 0.25) is 5.91 Å². The third kappa shape index (κ3) is 6.05. The minimum atomic E-state index is -0.790. The van der Waals surface area contributed by atoms with Crippen LogP contribution in [-0.4, -0.2) is 49.1 Å². The van der Waals surface area contributed by atoms with Crippen molar-refractivity contribution >= 4 is 11.9 Å². The molecule has 0 aromatic heterocycles. The molecule has 0 aromatic carbocycles. The summed E-state index contributed by atoms with van der Waals surface area (Å²) in [5.41, 5.74) is -0.294. The molecule has 0 saturated heterocycles. The van der Waals surface area contributed by atoms with E-state index in [9.17, 15) is 9.59 Å². The standard InChI is InChI=1S/C14H26N2O3/c1-16(2)9-5-8-15-12(17)10-14(11-13(18)19)6-3-4-7-14/h3-11H2,1-2H3,(H,15,17)(H,18,19). The van der Waals surface area contributed by atoms with E-state index in [1.165, 1.54) is 0 Å².